The van der Waals surface area contributed by atoms with Crippen LogP contribution in [0.1, 0.15) is 50.6 Å². The van der Waals surface area contributed by atoms with Gasteiger partial charge >= 0.3 is 0 Å². The quantitative estimate of drug-likeness (QED) is 0.803. The van der Waals surface area contributed by atoms with E-state index in [1.165, 1.54) is 32.1 Å². The number of nitrogens with two attached hydrogens (primary N) is 1. The molecule has 1 aromatic heterocycles. The number of hydrogen-bond donors (Lipinski definition) is 2. The highest BCUT2D eigenvalue weighted by molar-refractivity contribution is 5.09. The smallest absolute Gasteiger partial charge is 0.0537 e. The summed E-state index contributed by atoms with van der Waals surface area (Å²) in [5.41, 5.74) is 7.29. The molecule has 1 aliphatic rings. The van der Waals surface area contributed by atoms with Gasteiger partial charge in [-0.05, 0) is 25.2 Å². The molecule has 18 heavy (non-hydrogen) atoms. The summed E-state index contributed by atoms with van der Waals surface area (Å²) in [6.45, 7) is 3.22. The topological polar surface area (TPSA) is 55.9 Å². The van der Waals surface area contributed by atoms with Gasteiger partial charge in [0.15, 0.2) is 0 Å². The highest BCUT2D eigenvalue weighted by Crippen LogP contribution is 2.22. The van der Waals surface area contributed by atoms with Gasteiger partial charge in [-0.3, -0.25) is 4.68 Å². The molecule has 0 radical (unpaired) electrons. The van der Waals surface area contributed by atoms with Crippen molar-refractivity contribution in [3.05, 3.63) is 18.0 Å². The molecule has 4 heteroatoms. The van der Waals surface area contributed by atoms with E-state index in [4.69, 9.17) is 5.73 Å². The Balaban J connectivity index is 1.77. The van der Waals surface area contributed by atoms with Crippen molar-refractivity contribution in [2.45, 2.75) is 51.1 Å². The highest BCUT2D eigenvalue weighted by atomic mass is 15.2. The minimum Gasteiger partial charge on any atom is -0.323 e. The van der Waals surface area contributed by atoms with E-state index >= 15 is 0 Å². The number of aryl methyl sites for hydroxylation is 1. The first-order valence-electron chi connectivity index (χ1n) is 7.12. The molecule has 0 aromatic carbocycles. The predicted molar refractivity (Wildman–Crippen MR) is 74.2 cm³/mol. The molecule has 0 aliphatic heterocycles. The maximum absolute atomic E-state index is 6.18. The van der Waals surface area contributed by atoms with E-state index in [1.807, 2.05) is 24.1 Å². The van der Waals surface area contributed by atoms with E-state index in [0.717, 1.165) is 18.0 Å². The second kappa shape index (κ2) is 6.34. The lowest BCUT2D eigenvalue weighted by molar-refractivity contribution is 0.433. The molecule has 0 spiro atoms. The lowest BCUT2D eigenvalue weighted by Gasteiger charge is -2.19. The summed E-state index contributed by atoms with van der Waals surface area (Å²) in [7, 11) is 1.93. The largest absolute Gasteiger partial charge is 0.323 e. The molecule has 102 valence electrons. The Labute approximate surface area is 110 Å². The first kappa shape index (κ1) is 13.6. The Morgan fingerprint density at radius 1 is 1.44 bits per heavy atom. The van der Waals surface area contributed by atoms with E-state index in [2.05, 4.69) is 17.3 Å². The Kier molecular flexibility index (Phi) is 4.78. The average Bonchev–Trinajstić information content (AvgIpc) is 2.67. The zero-order valence-corrected chi connectivity index (χ0v) is 11.6. The maximum atomic E-state index is 6.18. The Bertz CT molecular complexity index is 360. The van der Waals surface area contributed by atoms with E-state index in [-0.39, 0.29) is 6.04 Å². The molecule has 1 fully saturated rings. The van der Waals surface area contributed by atoms with Gasteiger partial charge in [-0.1, -0.05) is 19.8 Å². The summed E-state index contributed by atoms with van der Waals surface area (Å²) in [4.78, 5) is 0. The molecule has 1 heterocycles. The van der Waals surface area contributed by atoms with Gasteiger partial charge in [0.2, 0.25) is 0 Å². The fourth-order valence-electron chi connectivity index (χ4n) is 2.73. The van der Waals surface area contributed by atoms with Crippen LogP contribution in [0.15, 0.2) is 12.4 Å². The molecule has 1 aliphatic carbocycles. The van der Waals surface area contributed by atoms with Gasteiger partial charge in [0, 0.05) is 37.4 Å². The fourth-order valence-corrected chi connectivity index (χ4v) is 2.73. The van der Waals surface area contributed by atoms with Crippen LogP contribution in [0.2, 0.25) is 0 Å². The van der Waals surface area contributed by atoms with Gasteiger partial charge < -0.3 is 11.1 Å². The van der Waals surface area contributed by atoms with Crippen molar-refractivity contribution in [2.24, 2.45) is 18.7 Å². The number of nitrogens with one attached hydrogen (secondary N) is 1. The predicted octanol–water partition coefficient (Wildman–Crippen LogP) is 1.98. The zero-order chi connectivity index (χ0) is 13.0. The minimum absolute atomic E-state index is 0.0550. The molecular weight excluding hydrogens is 224 g/mol. The van der Waals surface area contributed by atoms with Crippen molar-refractivity contribution in [1.82, 2.24) is 15.1 Å². The van der Waals surface area contributed by atoms with Gasteiger partial charge in [-0.25, -0.2) is 0 Å². The highest BCUT2D eigenvalue weighted by Gasteiger charge is 2.17. The Morgan fingerprint density at radius 2 is 2.28 bits per heavy atom. The Hall–Kier alpha value is -0.870. The molecule has 1 aromatic rings. The van der Waals surface area contributed by atoms with Crippen LogP contribution in [0.25, 0.3) is 0 Å². The van der Waals surface area contributed by atoms with Crippen LogP contribution >= 0.6 is 0 Å². The zero-order valence-electron chi connectivity index (χ0n) is 11.6. The van der Waals surface area contributed by atoms with Crippen LogP contribution in [-0.2, 0) is 7.05 Å². The van der Waals surface area contributed by atoms with Crippen molar-refractivity contribution >= 4 is 0 Å². The summed E-state index contributed by atoms with van der Waals surface area (Å²) in [5.74, 6) is 0.892. The average molecular weight is 250 g/mol. The van der Waals surface area contributed by atoms with Crippen LogP contribution in [-0.4, -0.2) is 22.4 Å². The molecule has 2 rings (SSSR count). The third kappa shape index (κ3) is 3.82. The van der Waals surface area contributed by atoms with Crippen molar-refractivity contribution in [2.75, 3.05) is 6.54 Å². The summed E-state index contributed by atoms with van der Waals surface area (Å²) < 4.78 is 1.81. The van der Waals surface area contributed by atoms with Gasteiger partial charge in [0.1, 0.15) is 0 Å². The minimum atomic E-state index is 0.0550. The monoisotopic (exact) mass is 250 g/mol. The Morgan fingerprint density at radius 3 is 3.00 bits per heavy atom. The number of hydrogen-bond acceptors (Lipinski definition) is 3. The summed E-state index contributed by atoms with van der Waals surface area (Å²) in [6, 6.07) is 0.706. The number of nitrogens with zero attached hydrogens (tertiary/aromatic N) is 2. The van der Waals surface area contributed by atoms with Crippen LogP contribution in [0.3, 0.4) is 0 Å². The summed E-state index contributed by atoms with van der Waals surface area (Å²) >= 11 is 0. The lowest BCUT2D eigenvalue weighted by atomic mass is 10.0. The van der Waals surface area contributed by atoms with Gasteiger partial charge in [-0.2, -0.15) is 5.10 Å². The molecule has 0 saturated heterocycles. The summed E-state index contributed by atoms with van der Waals surface area (Å²) in [5, 5.41) is 7.79. The number of aromatic nitrogens is 2. The molecule has 1 saturated carbocycles. The molecule has 0 amide bonds. The molecule has 3 unspecified atom stereocenters. The second-order valence-electron chi connectivity index (χ2n) is 5.77. The van der Waals surface area contributed by atoms with Crippen LogP contribution in [0.4, 0.5) is 0 Å². The van der Waals surface area contributed by atoms with Crippen LogP contribution < -0.4 is 11.1 Å². The normalized spacial score (nSPS) is 26.8. The first-order chi connectivity index (χ1) is 8.65. The third-order valence-corrected chi connectivity index (χ3v) is 4.04. The van der Waals surface area contributed by atoms with Gasteiger partial charge in [0.05, 0.1) is 6.20 Å². The first-order valence-corrected chi connectivity index (χ1v) is 7.12. The molecule has 3 N–H and O–H groups in total. The van der Waals surface area contributed by atoms with Crippen molar-refractivity contribution in [3.8, 4) is 0 Å². The maximum Gasteiger partial charge on any atom is 0.0537 e. The third-order valence-electron chi connectivity index (χ3n) is 4.04. The van der Waals surface area contributed by atoms with Crippen LogP contribution in [0, 0.1) is 5.92 Å². The van der Waals surface area contributed by atoms with Gasteiger partial charge in [-0.15, -0.1) is 0 Å². The summed E-state index contributed by atoms with van der Waals surface area (Å²) in [6.07, 6.45) is 10.5. The SMILES string of the molecule is CC1CCCC(NCC(N)c2cnn(C)c2)CC1. The van der Waals surface area contributed by atoms with Crippen molar-refractivity contribution in [1.29, 1.82) is 0 Å². The molecular formula is C14H26N4. The van der Waals surface area contributed by atoms with Crippen molar-refractivity contribution < 1.29 is 0 Å². The fraction of sp³-hybridized carbons (Fsp3) is 0.786. The molecule has 0 bridgehead atoms. The number of rotatable bonds is 4. The van der Waals surface area contributed by atoms with E-state index in [9.17, 15) is 0 Å². The van der Waals surface area contributed by atoms with E-state index in [0.29, 0.717) is 6.04 Å². The second-order valence-corrected chi connectivity index (χ2v) is 5.77. The lowest BCUT2D eigenvalue weighted by Crippen LogP contribution is -2.35. The molecule has 3 atom stereocenters. The van der Waals surface area contributed by atoms with Crippen LogP contribution in [0.5, 0.6) is 0 Å². The van der Waals surface area contributed by atoms with Gasteiger partial charge in [0.25, 0.3) is 0 Å². The standard InChI is InChI=1S/C14H26N4/c1-11-4-3-5-13(7-6-11)16-9-14(15)12-8-17-18(2)10-12/h8,10-11,13-14,16H,3-7,9,15H2,1-2H3. The molecule has 4 nitrogen and oxygen atoms in total. The van der Waals surface area contributed by atoms with Crippen molar-refractivity contribution in [3.63, 3.8) is 0 Å². The van der Waals surface area contributed by atoms with E-state index in [1.54, 1.807) is 0 Å². The van der Waals surface area contributed by atoms with E-state index < -0.39 is 0 Å².